The summed E-state index contributed by atoms with van der Waals surface area (Å²) in [7, 11) is 0. The lowest BCUT2D eigenvalue weighted by Gasteiger charge is -2.14. The molecule has 1 saturated heterocycles. The van der Waals surface area contributed by atoms with E-state index >= 15 is 0 Å². The largest absolute Gasteiger partial charge is 0.360 e. The molecule has 2 aromatic heterocycles. The van der Waals surface area contributed by atoms with E-state index in [0.717, 1.165) is 41.1 Å². The summed E-state index contributed by atoms with van der Waals surface area (Å²) in [6.07, 6.45) is 5.98. The van der Waals surface area contributed by atoms with Crippen LogP contribution < -0.4 is 25.4 Å². The number of hydrogen-bond donors (Lipinski definition) is 2. The molecular formula is C24H26N8O2S. The van der Waals surface area contributed by atoms with E-state index < -0.39 is 5.91 Å². The van der Waals surface area contributed by atoms with Crippen molar-refractivity contribution < 1.29 is 4.79 Å². The molecule has 0 bridgehead atoms. The maximum absolute atomic E-state index is 12.9. The number of nitrogens with zero attached hydrogens (tertiary/aromatic N) is 6. The molecule has 3 heterocycles. The monoisotopic (exact) mass is 490 g/mol. The number of carbonyl (C=O) groups excluding carboxylic acids is 1. The SMILES string of the molecule is CCn1c(=O)/c(=C/Nc2ccc3c(c2)ncn3CCN2CCCC2)s/c1=C(\C#N)C(=O)NCC#N. The molecular weight excluding hydrogens is 464 g/mol. The molecule has 2 N–H and O–H groups in total. The Balaban J connectivity index is 1.58. The first-order valence-electron chi connectivity index (χ1n) is 11.5. The van der Waals surface area contributed by atoms with Gasteiger partial charge in [-0.25, -0.2) is 4.98 Å². The number of amides is 1. The van der Waals surface area contributed by atoms with Crippen molar-refractivity contribution in [2.75, 3.05) is 31.5 Å². The third kappa shape index (κ3) is 5.27. The number of nitrogens with one attached hydrogen (secondary N) is 2. The molecule has 11 heteroatoms. The van der Waals surface area contributed by atoms with E-state index in [9.17, 15) is 14.9 Å². The quantitative estimate of drug-likeness (QED) is 0.441. The van der Waals surface area contributed by atoms with E-state index in [2.05, 4.69) is 25.1 Å². The first kappa shape index (κ1) is 24.2. The number of benzene rings is 1. The summed E-state index contributed by atoms with van der Waals surface area (Å²) in [5.41, 5.74) is 2.20. The molecule has 10 nitrogen and oxygen atoms in total. The lowest BCUT2D eigenvalue weighted by molar-refractivity contribution is -0.115. The van der Waals surface area contributed by atoms with E-state index in [1.807, 2.05) is 30.6 Å². The normalized spacial score (nSPS) is 15.1. The van der Waals surface area contributed by atoms with Gasteiger partial charge in [0.25, 0.3) is 11.5 Å². The molecule has 1 aliphatic rings. The van der Waals surface area contributed by atoms with Crippen molar-refractivity contribution >= 4 is 45.7 Å². The van der Waals surface area contributed by atoms with E-state index in [0.29, 0.717) is 11.1 Å². The summed E-state index contributed by atoms with van der Waals surface area (Å²) in [4.78, 5) is 32.1. The summed E-state index contributed by atoms with van der Waals surface area (Å²) >= 11 is 1.06. The molecule has 1 fully saturated rings. The molecule has 180 valence electrons. The summed E-state index contributed by atoms with van der Waals surface area (Å²) in [5, 5.41) is 23.7. The maximum Gasteiger partial charge on any atom is 0.270 e. The standard InChI is InChI=1S/C24H26N8O2S/c1-2-32-23(34)21(35-24(32)18(14-26)22(33)27-8-7-25)15-28-17-5-6-20-19(13-17)29-16-31(20)12-11-30-9-3-4-10-30/h5-6,13,15-16,28H,2-4,8-12H2,1H3,(H,27,33)/b21-15-,24-18+. The van der Waals surface area contributed by atoms with Gasteiger partial charge in [-0.1, -0.05) is 0 Å². The van der Waals surface area contributed by atoms with Gasteiger partial charge in [0, 0.05) is 31.5 Å². The lowest BCUT2D eigenvalue weighted by atomic mass is 10.2. The van der Waals surface area contributed by atoms with Gasteiger partial charge in [-0.15, -0.1) is 11.3 Å². The Labute approximate surface area is 206 Å². The maximum atomic E-state index is 12.9. The van der Waals surface area contributed by atoms with Gasteiger partial charge >= 0.3 is 0 Å². The van der Waals surface area contributed by atoms with Gasteiger partial charge < -0.3 is 20.1 Å². The minimum atomic E-state index is -0.678. The predicted molar refractivity (Wildman–Crippen MR) is 135 cm³/mol. The molecule has 4 rings (SSSR count). The zero-order valence-corrected chi connectivity index (χ0v) is 20.3. The van der Waals surface area contributed by atoms with Crippen molar-refractivity contribution in [2.24, 2.45) is 0 Å². The molecule has 3 aromatic rings. The summed E-state index contributed by atoms with van der Waals surface area (Å²) < 4.78 is 4.16. The van der Waals surface area contributed by atoms with Crippen LogP contribution in [0.1, 0.15) is 19.8 Å². The molecule has 0 radical (unpaired) electrons. The van der Waals surface area contributed by atoms with Crippen molar-refractivity contribution in [1.82, 2.24) is 24.3 Å². The minimum Gasteiger partial charge on any atom is -0.360 e. The third-order valence-electron chi connectivity index (χ3n) is 5.95. The third-order valence-corrected chi connectivity index (χ3v) is 7.08. The molecule has 1 aliphatic heterocycles. The number of thiazole rings is 1. The fourth-order valence-electron chi connectivity index (χ4n) is 4.13. The Kier molecular flexibility index (Phi) is 7.60. The van der Waals surface area contributed by atoms with E-state index in [1.165, 1.54) is 30.5 Å². The van der Waals surface area contributed by atoms with Crippen LogP contribution in [0, 0.1) is 22.7 Å². The second-order valence-corrected chi connectivity index (χ2v) is 9.16. The molecule has 0 saturated carbocycles. The van der Waals surface area contributed by atoms with Gasteiger partial charge in [-0.3, -0.25) is 14.2 Å². The Morgan fingerprint density at radius 1 is 1.26 bits per heavy atom. The summed E-state index contributed by atoms with van der Waals surface area (Å²) in [6, 6.07) is 9.53. The van der Waals surface area contributed by atoms with Crippen LogP contribution in [0.3, 0.4) is 0 Å². The number of likely N-dealkylation sites (tertiary alicyclic amines) is 1. The average molecular weight is 491 g/mol. The summed E-state index contributed by atoms with van der Waals surface area (Å²) in [5.74, 6) is -0.678. The second-order valence-electron chi connectivity index (χ2n) is 8.13. The molecule has 0 spiro atoms. The fourth-order valence-corrected chi connectivity index (χ4v) is 5.22. The van der Waals surface area contributed by atoms with Crippen molar-refractivity contribution in [3.63, 3.8) is 0 Å². The highest BCUT2D eigenvalue weighted by atomic mass is 32.1. The van der Waals surface area contributed by atoms with E-state index in [-0.39, 0.29) is 22.3 Å². The van der Waals surface area contributed by atoms with Crippen LogP contribution in [0.4, 0.5) is 5.69 Å². The topological polar surface area (TPSA) is 132 Å². The minimum absolute atomic E-state index is 0.190. The molecule has 35 heavy (non-hydrogen) atoms. The van der Waals surface area contributed by atoms with Gasteiger partial charge in [-0.05, 0) is 51.1 Å². The van der Waals surface area contributed by atoms with Crippen molar-refractivity contribution in [2.45, 2.75) is 32.9 Å². The highest BCUT2D eigenvalue weighted by Gasteiger charge is 2.15. The number of anilines is 1. The van der Waals surface area contributed by atoms with Crippen LogP contribution in [0.2, 0.25) is 0 Å². The van der Waals surface area contributed by atoms with Crippen molar-refractivity contribution in [3.8, 4) is 12.1 Å². The lowest BCUT2D eigenvalue weighted by Crippen LogP contribution is -2.34. The molecule has 0 aliphatic carbocycles. The van der Waals surface area contributed by atoms with E-state index in [1.54, 1.807) is 19.2 Å². The molecule has 0 unspecified atom stereocenters. The van der Waals surface area contributed by atoms with Gasteiger partial charge in [0.1, 0.15) is 21.8 Å². The number of imidazole rings is 1. The summed E-state index contributed by atoms with van der Waals surface area (Å²) in [6.45, 7) is 6.09. The highest BCUT2D eigenvalue weighted by Crippen LogP contribution is 2.18. The van der Waals surface area contributed by atoms with Crippen LogP contribution in [0.5, 0.6) is 0 Å². The Morgan fingerprint density at radius 3 is 2.77 bits per heavy atom. The van der Waals surface area contributed by atoms with Crippen LogP contribution in [0.15, 0.2) is 29.3 Å². The number of hydrogen-bond acceptors (Lipinski definition) is 8. The number of aromatic nitrogens is 3. The van der Waals surface area contributed by atoms with Crippen LogP contribution in [-0.2, 0) is 17.9 Å². The van der Waals surface area contributed by atoms with Crippen molar-refractivity contribution in [1.29, 1.82) is 10.5 Å². The van der Waals surface area contributed by atoms with Gasteiger partial charge in [0.05, 0.1) is 23.4 Å². The molecule has 1 aromatic carbocycles. The Morgan fingerprint density at radius 2 is 2.06 bits per heavy atom. The second kappa shape index (κ2) is 11.0. The van der Waals surface area contributed by atoms with Crippen LogP contribution >= 0.6 is 11.3 Å². The highest BCUT2D eigenvalue weighted by molar-refractivity contribution is 7.07. The number of carbonyl (C=O) groups is 1. The Hall–Kier alpha value is -3.93. The van der Waals surface area contributed by atoms with Crippen molar-refractivity contribution in [3.05, 3.63) is 44.1 Å². The first-order valence-corrected chi connectivity index (χ1v) is 12.3. The smallest absolute Gasteiger partial charge is 0.270 e. The molecule has 1 amide bonds. The fraction of sp³-hybridized carbons (Fsp3) is 0.375. The Bertz CT molecular complexity index is 1500. The van der Waals surface area contributed by atoms with Gasteiger partial charge in [0.2, 0.25) is 0 Å². The predicted octanol–water partition coefficient (Wildman–Crippen LogP) is 0.539. The zero-order chi connectivity index (χ0) is 24.8. The van der Waals surface area contributed by atoms with E-state index in [4.69, 9.17) is 5.26 Å². The zero-order valence-electron chi connectivity index (χ0n) is 19.5. The first-order chi connectivity index (χ1) is 17.0. The van der Waals surface area contributed by atoms with Gasteiger partial charge in [0.15, 0.2) is 5.57 Å². The number of rotatable bonds is 8. The average Bonchev–Trinajstić information content (AvgIpc) is 3.60. The number of fused-ring (bicyclic) bond motifs is 1. The molecule has 0 atom stereocenters. The van der Waals surface area contributed by atoms with Crippen LogP contribution in [-0.4, -0.2) is 51.1 Å². The number of nitriles is 2. The van der Waals surface area contributed by atoms with Gasteiger partial charge in [-0.2, -0.15) is 10.5 Å². The van der Waals surface area contributed by atoms with Crippen LogP contribution in [0.25, 0.3) is 22.8 Å².